The number of carboxylic acid groups (broad SMARTS) is 1. The van der Waals surface area contributed by atoms with Gasteiger partial charge in [0.15, 0.2) is 0 Å². The van der Waals surface area contributed by atoms with Crippen molar-refractivity contribution in [1.29, 1.82) is 0 Å². The zero-order chi connectivity index (χ0) is 22.1. The predicted octanol–water partition coefficient (Wildman–Crippen LogP) is 2.31. The van der Waals surface area contributed by atoms with E-state index in [1.165, 1.54) is 0 Å². The molecule has 10 heteroatoms. The Kier molecular flexibility index (Phi) is 9.81. The van der Waals surface area contributed by atoms with Gasteiger partial charge in [0.2, 0.25) is 0 Å². The Morgan fingerprint density at radius 2 is 1.97 bits per heavy atom. The third-order valence-corrected chi connectivity index (χ3v) is 5.60. The van der Waals surface area contributed by atoms with E-state index in [-0.39, 0.29) is 13.0 Å². The topological polar surface area (TPSA) is 115 Å². The molecule has 3 N–H and O–H groups in total. The van der Waals surface area contributed by atoms with Crippen molar-refractivity contribution < 1.29 is 24.2 Å². The number of hydrogen-bond acceptors (Lipinski definition) is 6. The molecule has 1 atom stereocenters. The summed E-state index contributed by atoms with van der Waals surface area (Å²) in [6.45, 7) is 13.8. The fourth-order valence-electron chi connectivity index (χ4n) is 2.34. The third kappa shape index (κ3) is 11.6. The minimum absolute atomic E-state index is 0.214. The van der Waals surface area contributed by atoms with Gasteiger partial charge in [-0.25, -0.2) is 9.78 Å². The molecule has 1 aromatic heterocycles. The molecule has 1 aromatic rings. The average Bonchev–Trinajstić information content (AvgIpc) is 2.98. The lowest BCUT2D eigenvalue weighted by Crippen LogP contribution is -2.43. The fourth-order valence-corrected chi connectivity index (χ4v) is 3.10. The summed E-state index contributed by atoms with van der Waals surface area (Å²) in [5.74, 6) is -0.338. The first-order chi connectivity index (χ1) is 13.4. The summed E-state index contributed by atoms with van der Waals surface area (Å²) in [5, 5.41) is 15.0. The Morgan fingerprint density at radius 3 is 2.55 bits per heavy atom. The maximum absolute atomic E-state index is 11.6. The van der Waals surface area contributed by atoms with E-state index in [1.807, 2.05) is 4.57 Å². The number of aromatic nitrogens is 2. The molecule has 0 fully saturated rings. The van der Waals surface area contributed by atoms with Gasteiger partial charge in [0.1, 0.15) is 24.2 Å². The highest BCUT2D eigenvalue weighted by Gasteiger charge is 2.21. The smallest absolute Gasteiger partial charge is 0.407 e. The Morgan fingerprint density at radius 1 is 1.28 bits per heavy atom. The molecule has 0 aliphatic rings. The number of carbonyl (C=O) groups is 2. The van der Waals surface area contributed by atoms with Crippen LogP contribution in [0.5, 0.6) is 0 Å². The molecule has 0 saturated heterocycles. The van der Waals surface area contributed by atoms with Crippen LogP contribution in [-0.2, 0) is 27.4 Å². The van der Waals surface area contributed by atoms with Crippen molar-refractivity contribution in [2.45, 2.75) is 71.3 Å². The van der Waals surface area contributed by atoms with Gasteiger partial charge in [-0.05, 0) is 26.8 Å². The van der Waals surface area contributed by atoms with Gasteiger partial charge >= 0.3 is 12.1 Å². The molecule has 0 spiro atoms. The van der Waals surface area contributed by atoms with E-state index in [2.05, 4.69) is 35.3 Å². The van der Waals surface area contributed by atoms with Crippen molar-refractivity contribution in [3.05, 3.63) is 18.2 Å². The first-order valence-electron chi connectivity index (χ1n) is 9.88. The highest BCUT2D eigenvalue weighted by molar-refractivity contribution is 6.76. The van der Waals surface area contributed by atoms with Crippen LogP contribution < -0.4 is 10.6 Å². The lowest BCUT2D eigenvalue weighted by molar-refractivity contribution is -0.139. The second kappa shape index (κ2) is 11.3. The summed E-state index contributed by atoms with van der Waals surface area (Å²) < 4.78 is 12.7. The number of alkyl carbamates (subject to hydrolysis) is 1. The van der Waals surface area contributed by atoms with E-state index in [1.54, 1.807) is 33.2 Å². The number of carbonyl (C=O) groups excluding carboxylic acids is 1. The molecular weight excluding hydrogens is 392 g/mol. The summed E-state index contributed by atoms with van der Waals surface area (Å²) in [6.07, 6.45) is 3.11. The third-order valence-electron chi connectivity index (χ3n) is 3.90. The van der Waals surface area contributed by atoms with Gasteiger partial charge in [0.05, 0.1) is 0 Å². The van der Waals surface area contributed by atoms with Crippen molar-refractivity contribution in [2.75, 3.05) is 19.7 Å². The molecule has 0 aliphatic heterocycles. The number of aliphatic carboxylic acids is 1. The average molecular weight is 429 g/mol. The van der Waals surface area contributed by atoms with Crippen molar-refractivity contribution in [3.63, 3.8) is 0 Å². The summed E-state index contributed by atoms with van der Waals surface area (Å²) in [4.78, 5) is 27.5. The number of amides is 1. The number of carboxylic acids is 1. The SMILES string of the molecule is CC(C)(C)OC(=O)NCCN[C@@H](Cc1nccn1COCC[Si](C)(C)C)C(=O)O. The lowest BCUT2D eigenvalue weighted by Gasteiger charge is -2.20. The molecule has 29 heavy (non-hydrogen) atoms. The van der Waals surface area contributed by atoms with Crippen LogP contribution in [0.3, 0.4) is 0 Å². The van der Waals surface area contributed by atoms with Gasteiger partial charge in [-0.15, -0.1) is 0 Å². The normalized spacial score (nSPS) is 13.2. The van der Waals surface area contributed by atoms with Crippen LogP contribution >= 0.6 is 0 Å². The fraction of sp³-hybridized carbons (Fsp3) is 0.737. The lowest BCUT2D eigenvalue weighted by atomic mass is 10.2. The number of rotatable bonds is 12. The zero-order valence-corrected chi connectivity index (χ0v) is 19.4. The second-order valence-electron chi connectivity index (χ2n) is 9.14. The quantitative estimate of drug-likeness (QED) is 0.346. The van der Waals surface area contributed by atoms with E-state index in [0.717, 1.165) is 6.04 Å². The molecule has 166 valence electrons. The molecule has 1 rings (SSSR count). The van der Waals surface area contributed by atoms with E-state index >= 15 is 0 Å². The molecule has 0 radical (unpaired) electrons. The summed E-state index contributed by atoms with van der Waals surface area (Å²) >= 11 is 0. The van der Waals surface area contributed by atoms with Gasteiger partial charge in [-0.2, -0.15) is 0 Å². The van der Waals surface area contributed by atoms with Crippen LogP contribution in [-0.4, -0.2) is 66.1 Å². The molecule has 0 aromatic carbocycles. The summed E-state index contributed by atoms with van der Waals surface area (Å²) in [5.41, 5.74) is -0.574. The number of ether oxygens (including phenoxy) is 2. The molecule has 0 saturated carbocycles. The monoisotopic (exact) mass is 428 g/mol. The highest BCUT2D eigenvalue weighted by atomic mass is 28.3. The Balaban J connectivity index is 2.45. The zero-order valence-electron chi connectivity index (χ0n) is 18.4. The molecule has 1 amide bonds. The number of nitrogens with zero attached hydrogens (tertiary/aromatic N) is 2. The summed E-state index contributed by atoms with van der Waals surface area (Å²) in [7, 11) is -1.15. The predicted molar refractivity (Wildman–Crippen MR) is 114 cm³/mol. The molecular formula is C19H36N4O5Si. The maximum atomic E-state index is 11.6. The molecule has 1 heterocycles. The van der Waals surface area contributed by atoms with Crippen molar-refractivity contribution >= 4 is 20.1 Å². The maximum Gasteiger partial charge on any atom is 0.407 e. The van der Waals surface area contributed by atoms with Gasteiger partial charge < -0.3 is 29.8 Å². The van der Waals surface area contributed by atoms with Crippen molar-refractivity contribution in [2.24, 2.45) is 0 Å². The first-order valence-corrected chi connectivity index (χ1v) is 13.6. The number of hydrogen-bond donors (Lipinski definition) is 3. The molecule has 9 nitrogen and oxygen atoms in total. The van der Waals surface area contributed by atoms with Crippen LogP contribution in [0.15, 0.2) is 12.4 Å². The van der Waals surface area contributed by atoms with E-state index in [0.29, 0.717) is 25.7 Å². The largest absolute Gasteiger partial charge is 0.480 e. The van der Waals surface area contributed by atoms with Gasteiger partial charge in [-0.3, -0.25) is 4.79 Å². The van der Waals surface area contributed by atoms with E-state index in [9.17, 15) is 14.7 Å². The number of nitrogens with one attached hydrogen (secondary N) is 2. The minimum Gasteiger partial charge on any atom is -0.480 e. The summed E-state index contributed by atoms with van der Waals surface area (Å²) in [6, 6.07) is 0.250. The van der Waals surface area contributed by atoms with Gasteiger partial charge in [0, 0.05) is 46.6 Å². The van der Waals surface area contributed by atoms with Crippen LogP contribution in [0.1, 0.15) is 26.6 Å². The first kappa shape index (κ1) is 25.1. The van der Waals surface area contributed by atoms with E-state index in [4.69, 9.17) is 9.47 Å². The van der Waals surface area contributed by atoms with Crippen molar-refractivity contribution in [1.82, 2.24) is 20.2 Å². The Labute approximate surface area is 174 Å². The molecule has 0 unspecified atom stereocenters. The van der Waals surface area contributed by atoms with Crippen LogP contribution in [0.4, 0.5) is 4.79 Å². The second-order valence-corrected chi connectivity index (χ2v) is 14.8. The van der Waals surface area contributed by atoms with E-state index < -0.39 is 31.8 Å². The van der Waals surface area contributed by atoms with Crippen LogP contribution in [0.25, 0.3) is 0 Å². The number of imidazole rings is 1. The van der Waals surface area contributed by atoms with Crippen LogP contribution in [0.2, 0.25) is 25.7 Å². The minimum atomic E-state index is -1.15. The molecule has 0 bridgehead atoms. The Hall–Kier alpha value is -1.91. The Bertz CT molecular complexity index is 652. The van der Waals surface area contributed by atoms with Gasteiger partial charge in [0.25, 0.3) is 0 Å². The van der Waals surface area contributed by atoms with Gasteiger partial charge in [-0.1, -0.05) is 19.6 Å². The highest BCUT2D eigenvalue weighted by Crippen LogP contribution is 2.09. The van der Waals surface area contributed by atoms with Crippen LogP contribution in [0, 0.1) is 0 Å². The molecule has 0 aliphatic carbocycles. The van der Waals surface area contributed by atoms with Crippen molar-refractivity contribution in [3.8, 4) is 0 Å². The standard InChI is InChI=1S/C19H36N4O5Si/c1-19(2,3)28-18(26)22-8-7-20-15(17(24)25)13-16-21-9-10-23(16)14-27-11-12-29(4,5)6/h9-10,15,20H,7-8,11-14H2,1-6H3,(H,22,26)(H,24,25)/t15-/m0/s1.